The Labute approximate surface area is 136 Å². The molecule has 126 valence electrons. The molecule has 0 saturated carbocycles. The lowest BCUT2D eigenvalue weighted by atomic mass is 10.2. The maximum atomic E-state index is 14.0. The normalized spacial score (nSPS) is 17.3. The standard InChI is InChI=1S/C14H15FN6O3/c15-11-5-9(1-2-12(11)18-8-19-16)21-7-10(24-14(21)22)6-17-13-3-4-23-20-13/h1-5,8,10H,6-7,16H2,(H,17,20)(H,18,19)/t10-/m0/s1. The average molecular weight is 334 g/mol. The number of halogens is 1. The summed E-state index contributed by atoms with van der Waals surface area (Å²) < 4.78 is 23.9. The summed E-state index contributed by atoms with van der Waals surface area (Å²) in [6.45, 7) is 0.651. The number of ether oxygens (including phenoxy) is 1. The quantitative estimate of drug-likeness (QED) is 0.316. The van der Waals surface area contributed by atoms with Crippen LogP contribution in [0.4, 0.5) is 26.4 Å². The molecule has 2 heterocycles. The third kappa shape index (κ3) is 3.43. The number of carbonyl (C=O) groups is 1. The summed E-state index contributed by atoms with van der Waals surface area (Å²) >= 11 is 0. The van der Waals surface area contributed by atoms with E-state index in [-0.39, 0.29) is 12.2 Å². The van der Waals surface area contributed by atoms with Gasteiger partial charge in [0, 0.05) is 6.07 Å². The number of nitrogens with zero attached hydrogens (tertiary/aromatic N) is 3. The smallest absolute Gasteiger partial charge is 0.414 e. The number of carbonyl (C=O) groups excluding carboxylic acids is 1. The maximum Gasteiger partial charge on any atom is 0.414 e. The van der Waals surface area contributed by atoms with Crippen LogP contribution in [0.5, 0.6) is 0 Å². The predicted molar refractivity (Wildman–Crippen MR) is 84.5 cm³/mol. The van der Waals surface area contributed by atoms with Gasteiger partial charge in [0.05, 0.1) is 18.8 Å². The molecule has 1 amide bonds. The molecule has 1 saturated heterocycles. The molecule has 2 aromatic rings. The largest absolute Gasteiger partial charge is 0.442 e. The van der Waals surface area contributed by atoms with E-state index >= 15 is 0 Å². The third-order valence-corrected chi connectivity index (χ3v) is 3.34. The second kappa shape index (κ2) is 6.96. The first-order valence-electron chi connectivity index (χ1n) is 7.08. The lowest BCUT2D eigenvalue weighted by molar-refractivity contribution is 0.147. The van der Waals surface area contributed by atoms with Crippen molar-refractivity contribution < 1.29 is 18.4 Å². The summed E-state index contributed by atoms with van der Waals surface area (Å²) in [5, 5.41) is 6.68. The van der Waals surface area contributed by atoms with Gasteiger partial charge in [-0.25, -0.2) is 20.0 Å². The van der Waals surface area contributed by atoms with Crippen LogP contribution >= 0.6 is 0 Å². The molecule has 1 aliphatic heterocycles. The molecule has 1 aliphatic rings. The topological polar surface area (TPSA) is 118 Å². The van der Waals surface area contributed by atoms with Crippen molar-refractivity contribution in [1.29, 1.82) is 0 Å². The monoisotopic (exact) mass is 334 g/mol. The van der Waals surface area contributed by atoms with Crippen LogP contribution in [0.1, 0.15) is 0 Å². The number of benzene rings is 1. The van der Waals surface area contributed by atoms with Crippen molar-refractivity contribution in [3.63, 3.8) is 0 Å². The van der Waals surface area contributed by atoms with Crippen LogP contribution in [0.15, 0.2) is 40.0 Å². The summed E-state index contributed by atoms with van der Waals surface area (Å²) in [4.78, 5) is 17.1. The molecule has 1 fully saturated rings. The molecule has 3 rings (SSSR count). The van der Waals surface area contributed by atoms with Gasteiger partial charge in [0.1, 0.15) is 24.4 Å². The number of hydrogen-bond acceptors (Lipinski definition) is 7. The second-order valence-corrected chi connectivity index (χ2v) is 4.94. The van der Waals surface area contributed by atoms with E-state index in [1.54, 1.807) is 12.1 Å². The zero-order chi connectivity index (χ0) is 16.9. The minimum Gasteiger partial charge on any atom is -0.442 e. The molecular weight excluding hydrogens is 319 g/mol. The fourth-order valence-electron chi connectivity index (χ4n) is 2.24. The molecule has 0 bridgehead atoms. The van der Waals surface area contributed by atoms with E-state index in [2.05, 4.69) is 20.9 Å². The van der Waals surface area contributed by atoms with Gasteiger partial charge in [-0.2, -0.15) is 0 Å². The first kappa shape index (κ1) is 15.7. The van der Waals surface area contributed by atoms with Gasteiger partial charge in [0.25, 0.3) is 0 Å². The van der Waals surface area contributed by atoms with Crippen molar-refractivity contribution in [2.75, 3.05) is 23.3 Å². The van der Waals surface area contributed by atoms with Crippen LogP contribution in [0.2, 0.25) is 0 Å². The third-order valence-electron chi connectivity index (χ3n) is 3.34. The maximum absolute atomic E-state index is 14.0. The molecular formula is C14H15FN6O3. The molecule has 0 spiro atoms. The van der Waals surface area contributed by atoms with Gasteiger partial charge in [-0.1, -0.05) is 5.16 Å². The van der Waals surface area contributed by atoms with Crippen molar-refractivity contribution in [3.8, 4) is 0 Å². The molecule has 0 radical (unpaired) electrons. The Balaban J connectivity index is 1.65. The summed E-state index contributed by atoms with van der Waals surface area (Å²) in [7, 11) is 0. The Morgan fingerprint density at radius 1 is 1.50 bits per heavy atom. The lowest BCUT2D eigenvalue weighted by Crippen LogP contribution is -2.27. The number of hydrazine groups is 1. The zero-order valence-electron chi connectivity index (χ0n) is 12.5. The Bertz CT molecular complexity index is 736. The Hall–Kier alpha value is -3.14. The van der Waals surface area contributed by atoms with Gasteiger partial charge in [-0.05, 0) is 18.2 Å². The number of anilines is 2. The number of cyclic esters (lactones) is 1. The highest BCUT2D eigenvalue weighted by atomic mass is 19.1. The van der Waals surface area contributed by atoms with E-state index in [9.17, 15) is 9.18 Å². The fourth-order valence-corrected chi connectivity index (χ4v) is 2.24. The highest BCUT2D eigenvalue weighted by Crippen LogP contribution is 2.27. The molecule has 24 heavy (non-hydrogen) atoms. The number of hydrogen-bond donors (Lipinski definition) is 3. The van der Waals surface area contributed by atoms with Crippen LogP contribution in [0.25, 0.3) is 0 Å². The number of nitrogens with two attached hydrogens (primary N) is 1. The zero-order valence-corrected chi connectivity index (χ0v) is 12.5. The van der Waals surface area contributed by atoms with Crippen LogP contribution < -0.4 is 21.5 Å². The molecule has 0 unspecified atom stereocenters. The van der Waals surface area contributed by atoms with Crippen LogP contribution in [0, 0.1) is 5.82 Å². The van der Waals surface area contributed by atoms with Gasteiger partial charge in [0.15, 0.2) is 11.6 Å². The summed E-state index contributed by atoms with van der Waals surface area (Å²) in [6, 6.07) is 5.91. The van der Waals surface area contributed by atoms with Crippen molar-refractivity contribution in [1.82, 2.24) is 10.6 Å². The number of amides is 1. The molecule has 4 N–H and O–H groups in total. The van der Waals surface area contributed by atoms with Crippen molar-refractivity contribution in [2.45, 2.75) is 6.10 Å². The first-order valence-corrected chi connectivity index (χ1v) is 7.08. The van der Waals surface area contributed by atoms with E-state index in [1.165, 1.54) is 23.3 Å². The van der Waals surface area contributed by atoms with Crippen molar-refractivity contribution >= 4 is 29.6 Å². The number of nitrogens with one attached hydrogen (secondary N) is 2. The average Bonchev–Trinajstić information content (AvgIpc) is 3.21. The number of aliphatic imine (C=N–C) groups is 1. The van der Waals surface area contributed by atoms with Gasteiger partial charge < -0.3 is 20.0 Å². The Morgan fingerprint density at radius 3 is 3.08 bits per heavy atom. The van der Waals surface area contributed by atoms with E-state index < -0.39 is 18.0 Å². The Kier molecular flexibility index (Phi) is 4.57. The number of aromatic nitrogens is 1. The summed E-state index contributed by atoms with van der Waals surface area (Å²) in [5.41, 5.74) is 2.68. The highest BCUT2D eigenvalue weighted by molar-refractivity contribution is 5.90. The van der Waals surface area contributed by atoms with Gasteiger partial charge in [0.2, 0.25) is 0 Å². The van der Waals surface area contributed by atoms with Gasteiger partial charge >= 0.3 is 6.09 Å². The molecule has 1 atom stereocenters. The van der Waals surface area contributed by atoms with Crippen LogP contribution in [-0.4, -0.2) is 36.8 Å². The highest BCUT2D eigenvalue weighted by Gasteiger charge is 2.32. The van der Waals surface area contributed by atoms with Crippen LogP contribution in [0.3, 0.4) is 0 Å². The second-order valence-electron chi connectivity index (χ2n) is 4.94. The van der Waals surface area contributed by atoms with E-state index in [1.807, 2.05) is 0 Å². The summed E-state index contributed by atoms with van der Waals surface area (Å²) in [5.74, 6) is 5.02. The lowest BCUT2D eigenvalue weighted by Gasteiger charge is -2.13. The van der Waals surface area contributed by atoms with Gasteiger partial charge in [-0.3, -0.25) is 4.90 Å². The summed E-state index contributed by atoms with van der Waals surface area (Å²) in [6.07, 6.45) is 1.66. The van der Waals surface area contributed by atoms with E-state index in [0.29, 0.717) is 18.1 Å². The van der Waals surface area contributed by atoms with Gasteiger partial charge in [-0.15, -0.1) is 0 Å². The van der Waals surface area contributed by atoms with Crippen LogP contribution in [-0.2, 0) is 4.74 Å². The van der Waals surface area contributed by atoms with Crippen molar-refractivity contribution in [3.05, 3.63) is 36.3 Å². The molecule has 9 nitrogen and oxygen atoms in total. The molecule has 10 heteroatoms. The number of rotatable bonds is 6. The molecule has 0 aliphatic carbocycles. The SMILES string of the molecule is NNC=Nc1ccc(N2C[C@H](CNc3ccon3)OC2=O)cc1F. The Morgan fingerprint density at radius 2 is 2.38 bits per heavy atom. The molecule has 1 aromatic carbocycles. The fraction of sp³-hybridized carbons (Fsp3) is 0.214. The minimum absolute atomic E-state index is 0.105. The van der Waals surface area contributed by atoms with E-state index in [4.69, 9.17) is 15.1 Å². The van der Waals surface area contributed by atoms with Crippen molar-refractivity contribution in [2.24, 2.45) is 10.8 Å². The van der Waals surface area contributed by atoms with E-state index in [0.717, 1.165) is 6.34 Å². The first-order chi connectivity index (χ1) is 11.7. The molecule has 1 aromatic heterocycles. The predicted octanol–water partition coefficient (Wildman–Crippen LogP) is 1.37. The minimum atomic E-state index is -0.573.